The molecule has 0 aliphatic carbocycles. The van der Waals surface area contributed by atoms with E-state index < -0.39 is 5.91 Å². The second-order valence-electron chi connectivity index (χ2n) is 6.21. The fraction of sp³-hybridized carbons (Fsp3) is 0.143. The van der Waals surface area contributed by atoms with Crippen LogP contribution in [-0.2, 0) is 17.8 Å². The maximum absolute atomic E-state index is 12.1. The highest BCUT2D eigenvalue weighted by Gasteiger charge is 2.13. The molecule has 4 N–H and O–H groups in total. The van der Waals surface area contributed by atoms with E-state index in [0.29, 0.717) is 18.7 Å². The van der Waals surface area contributed by atoms with Crippen molar-refractivity contribution in [1.82, 2.24) is 20.6 Å². The van der Waals surface area contributed by atoms with E-state index in [0.717, 1.165) is 16.7 Å². The fourth-order valence-corrected chi connectivity index (χ4v) is 2.71. The molecule has 0 aliphatic rings. The topological polar surface area (TPSA) is 110 Å². The SMILES string of the molecule is CNC(=O)c1nc(-c2cccc(CNC(=O)Cc3ccccc3)c2)cnc1N. The van der Waals surface area contributed by atoms with Gasteiger partial charge in [0.2, 0.25) is 5.91 Å². The van der Waals surface area contributed by atoms with Crippen LogP contribution in [-0.4, -0.2) is 28.8 Å². The summed E-state index contributed by atoms with van der Waals surface area (Å²) in [6.45, 7) is 0.393. The van der Waals surface area contributed by atoms with Crippen LogP contribution in [0, 0.1) is 0 Å². The van der Waals surface area contributed by atoms with Crippen molar-refractivity contribution in [2.45, 2.75) is 13.0 Å². The van der Waals surface area contributed by atoms with Crippen LogP contribution in [0.15, 0.2) is 60.8 Å². The average molecular weight is 375 g/mol. The molecule has 28 heavy (non-hydrogen) atoms. The van der Waals surface area contributed by atoms with Gasteiger partial charge in [0.25, 0.3) is 5.91 Å². The molecule has 7 heteroatoms. The number of nitrogens with one attached hydrogen (secondary N) is 2. The number of hydrogen-bond donors (Lipinski definition) is 3. The highest BCUT2D eigenvalue weighted by Crippen LogP contribution is 2.20. The highest BCUT2D eigenvalue weighted by molar-refractivity contribution is 5.96. The van der Waals surface area contributed by atoms with Crippen LogP contribution in [0.4, 0.5) is 5.82 Å². The maximum Gasteiger partial charge on any atom is 0.273 e. The van der Waals surface area contributed by atoms with Gasteiger partial charge in [0.15, 0.2) is 11.5 Å². The number of benzene rings is 2. The van der Waals surface area contributed by atoms with Crippen LogP contribution in [0.25, 0.3) is 11.3 Å². The number of amides is 2. The van der Waals surface area contributed by atoms with Gasteiger partial charge in [0.05, 0.1) is 18.3 Å². The van der Waals surface area contributed by atoms with Gasteiger partial charge in [0.1, 0.15) is 0 Å². The van der Waals surface area contributed by atoms with Crippen molar-refractivity contribution < 1.29 is 9.59 Å². The first-order valence-corrected chi connectivity index (χ1v) is 8.81. The number of nitrogen functional groups attached to an aromatic ring is 1. The molecule has 7 nitrogen and oxygen atoms in total. The van der Waals surface area contributed by atoms with Crippen molar-refractivity contribution in [3.8, 4) is 11.3 Å². The van der Waals surface area contributed by atoms with E-state index in [1.807, 2.05) is 54.6 Å². The van der Waals surface area contributed by atoms with Gasteiger partial charge in [0, 0.05) is 19.2 Å². The standard InChI is InChI=1S/C21H21N5O2/c1-23-21(28)19-20(22)25-13-17(26-19)16-9-5-8-15(10-16)12-24-18(27)11-14-6-3-2-4-7-14/h2-10,13H,11-12H2,1H3,(H2,22,25)(H,23,28)(H,24,27). The Morgan fingerprint density at radius 3 is 2.54 bits per heavy atom. The first-order chi connectivity index (χ1) is 13.6. The van der Waals surface area contributed by atoms with E-state index in [1.54, 1.807) is 0 Å². The van der Waals surface area contributed by atoms with E-state index in [-0.39, 0.29) is 17.4 Å². The van der Waals surface area contributed by atoms with Gasteiger partial charge in [-0.3, -0.25) is 9.59 Å². The molecule has 0 bridgehead atoms. The molecular weight excluding hydrogens is 354 g/mol. The molecular formula is C21H21N5O2. The summed E-state index contributed by atoms with van der Waals surface area (Å²) in [5.41, 5.74) is 9.02. The molecule has 0 aliphatic heterocycles. The fourth-order valence-electron chi connectivity index (χ4n) is 2.71. The van der Waals surface area contributed by atoms with E-state index in [1.165, 1.54) is 13.2 Å². The van der Waals surface area contributed by atoms with Gasteiger partial charge in [-0.25, -0.2) is 9.97 Å². The third kappa shape index (κ3) is 4.70. The molecule has 142 valence electrons. The molecule has 1 aromatic heterocycles. The summed E-state index contributed by atoms with van der Waals surface area (Å²) in [5, 5.41) is 5.41. The molecule has 3 rings (SSSR count). The first kappa shape index (κ1) is 19.0. The van der Waals surface area contributed by atoms with E-state index in [9.17, 15) is 9.59 Å². The van der Waals surface area contributed by atoms with Gasteiger partial charge in [-0.2, -0.15) is 0 Å². The van der Waals surface area contributed by atoms with Crippen LogP contribution in [0.5, 0.6) is 0 Å². The molecule has 0 saturated heterocycles. The van der Waals surface area contributed by atoms with Crippen LogP contribution in [0.3, 0.4) is 0 Å². The lowest BCUT2D eigenvalue weighted by atomic mass is 10.1. The van der Waals surface area contributed by atoms with Crippen molar-refractivity contribution in [3.63, 3.8) is 0 Å². The molecule has 0 fully saturated rings. The van der Waals surface area contributed by atoms with Gasteiger partial charge in [-0.1, -0.05) is 48.5 Å². The Labute approximate surface area is 163 Å². The van der Waals surface area contributed by atoms with Gasteiger partial charge in [-0.15, -0.1) is 0 Å². The van der Waals surface area contributed by atoms with Gasteiger partial charge in [-0.05, 0) is 17.2 Å². The van der Waals surface area contributed by atoms with E-state index >= 15 is 0 Å². The Kier molecular flexibility index (Phi) is 5.96. The maximum atomic E-state index is 12.1. The molecule has 3 aromatic rings. The number of anilines is 1. The second kappa shape index (κ2) is 8.77. The minimum absolute atomic E-state index is 0.0502. The Morgan fingerprint density at radius 2 is 1.79 bits per heavy atom. The number of carbonyl (C=O) groups is 2. The summed E-state index contributed by atoms with van der Waals surface area (Å²) in [7, 11) is 1.51. The predicted octanol–water partition coefficient (Wildman–Crippen LogP) is 1.94. The molecule has 1 heterocycles. The number of hydrogen-bond acceptors (Lipinski definition) is 5. The molecule has 2 amide bonds. The molecule has 0 spiro atoms. The third-order valence-electron chi connectivity index (χ3n) is 4.16. The number of nitrogens with zero attached hydrogens (tertiary/aromatic N) is 2. The van der Waals surface area contributed by atoms with Gasteiger partial charge >= 0.3 is 0 Å². The lowest BCUT2D eigenvalue weighted by molar-refractivity contribution is -0.120. The minimum Gasteiger partial charge on any atom is -0.382 e. The van der Waals surface area contributed by atoms with Crippen LogP contribution >= 0.6 is 0 Å². The molecule has 0 atom stereocenters. The number of rotatable bonds is 6. The Bertz CT molecular complexity index is 989. The van der Waals surface area contributed by atoms with Crippen LogP contribution in [0.2, 0.25) is 0 Å². The normalized spacial score (nSPS) is 10.3. The van der Waals surface area contributed by atoms with Crippen molar-refractivity contribution in [2.75, 3.05) is 12.8 Å². The van der Waals surface area contributed by atoms with Crippen molar-refractivity contribution >= 4 is 17.6 Å². The Hall–Kier alpha value is -3.74. The van der Waals surface area contributed by atoms with Crippen LogP contribution in [0.1, 0.15) is 21.6 Å². The number of carbonyl (C=O) groups excluding carboxylic acids is 2. The Morgan fingerprint density at radius 1 is 1.04 bits per heavy atom. The molecule has 0 radical (unpaired) electrons. The summed E-state index contributed by atoms with van der Waals surface area (Å²) >= 11 is 0. The predicted molar refractivity (Wildman–Crippen MR) is 107 cm³/mol. The minimum atomic E-state index is -0.392. The third-order valence-corrected chi connectivity index (χ3v) is 4.16. The summed E-state index contributed by atoms with van der Waals surface area (Å²) in [4.78, 5) is 32.4. The quantitative estimate of drug-likeness (QED) is 0.610. The molecule has 0 unspecified atom stereocenters. The van der Waals surface area contributed by atoms with Crippen LogP contribution < -0.4 is 16.4 Å². The number of aromatic nitrogens is 2. The smallest absolute Gasteiger partial charge is 0.273 e. The lowest BCUT2D eigenvalue weighted by Gasteiger charge is -2.09. The van der Waals surface area contributed by atoms with Gasteiger partial charge < -0.3 is 16.4 Å². The molecule has 0 saturated carbocycles. The zero-order valence-electron chi connectivity index (χ0n) is 15.5. The van der Waals surface area contributed by atoms with Crippen molar-refractivity contribution in [1.29, 1.82) is 0 Å². The Balaban J connectivity index is 1.70. The monoisotopic (exact) mass is 375 g/mol. The van der Waals surface area contributed by atoms with E-state index in [4.69, 9.17) is 5.73 Å². The summed E-state index contributed by atoms with van der Waals surface area (Å²) in [5.74, 6) is -0.366. The zero-order valence-corrected chi connectivity index (χ0v) is 15.5. The number of nitrogens with two attached hydrogens (primary N) is 1. The zero-order chi connectivity index (χ0) is 19.9. The summed E-state index contributed by atoms with van der Waals surface area (Å²) in [6.07, 6.45) is 1.86. The average Bonchev–Trinajstić information content (AvgIpc) is 2.73. The van der Waals surface area contributed by atoms with Crippen molar-refractivity contribution in [2.24, 2.45) is 0 Å². The summed E-state index contributed by atoms with van der Waals surface area (Å²) < 4.78 is 0. The lowest BCUT2D eigenvalue weighted by Crippen LogP contribution is -2.24. The highest BCUT2D eigenvalue weighted by atomic mass is 16.2. The first-order valence-electron chi connectivity index (χ1n) is 8.81. The summed E-state index contributed by atoms with van der Waals surface area (Å²) in [6, 6.07) is 17.1. The second-order valence-corrected chi connectivity index (χ2v) is 6.21. The van der Waals surface area contributed by atoms with E-state index in [2.05, 4.69) is 20.6 Å². The molecule has 2 aromatic carbocycles. The van der Waals surface area contributed by atoms with Crippen molar-refractivity contribution in [3.05, 3.63) is 77.6 Å². The largest absolute Gasteiger partial charge is 0.382 e.